The van der Waals surface area contributed by atoms with Crippen molar-refractivity contribution < 1.29 is 14.7 Å². The number of aryl methyl sites for hydroxylation is 1. The largest absolute Gasteiger partial charge is 0.465 e. The highest BCUT2D eigenvalue weighted by Crippen LogP contribution is 2.23. The van der Waals surface area contributed by atoms with Gasteiger partial charge in [-0.25, -0.2) is 4.79 Å². The van der Waals surface area contributed by atoms with Gasteiger partial charge in [0, 0.05) is 28.5 Å². The molecule has 0 aliphatic rings. The standard InChI is InChI=1S/C20H19N3O4/c1-2-5-12-8-9-13(10-17(12)23-20(26)27)22-19(25)15-11-21-16-7-4-3-6-14(16)18(15)24/h3-4,6-11,23H,2,5H2,1H3,(H,21,24)(H,22,25)(H,26,27). The molecule has 27 heavy (non-hydrogen) atoms. The van der Waals surface area contributed by atoms with Gasteiger partial charge < -0.3 is 15.4 Å². The molecule has 7 heteroatoms. The number of pyridine rings is 1. The molecule has 2 aromatic carbocycles. The van der Waals surface area contributed by atoms with E-state index < -0.39 is 12.0 Å². The fraction of sp³-hybridized carbons (Fsp3) is 0.150. The summed E-state index contributed by atoms with van der Waals surface area (Å²) in [4.78, 5) is 39.0. The summed E-state index contributed by atoms with van der Waals surface area (Å²) in [5.74, 6) is -0.563. The van der Waals surface area contributed by atoms with E-state index in [1.165, 1.54) is 6.20 Å². The van der Waals surface area contributed by atoms with Gasteiger partial charge in [-0.15, -0.1) is 0 Å². The minimum Gasteiger partial charge on any atom is -0.465 e. The van der Waals surface area contributed by atoms with Crippen LogP contribution in [0.25, 0.3) is 10.9 Å². The zero-order chi connectivity index (χ0) is 19.4. The van der Waals surface area contributed by atoms with E-state index in [2.05, 4.69) is 15.6 Å². The smallest absolute Gasteiger partial charge is 0.409 e. The van der Waals surface area contributed by atoms with Gasteiger partial charge >= 0.3 is 6.09 Å². The highest BCUT2D eigenvalue weighted by Gasteiger charge is 2.14. The molecule has 1 aromatic heterocycles. The number of hydrogen-bond donors (Lipinski definition) is 4. The van der Waals surface area contributed by atoms with Crippen LogP contribution >= 0.6 is 0 Å². The maximum Gasteiger partial charge on any atom is 0.409 e. The number of fused-ring (bicyclic) bond motifs is 1. The number of carboxylic acid groups (broad SMARTS) is 1. The molecule has 0 fully saturated rings. The van der Waals surface area contributed by atoms with Gasteiger partial charge in [-0.1, -0.05) is 31.5 Å². The molecule has 0 radical (unpaired) electrons. The SMILES string of the molecule is CCCc1ccc(NC(=O)c2c[nH]c3ccccc3c2=O)cc1NC(=O)O. The van der Waals surface area contributed by atoms with Gasteiger partial charge in [0.2, 0.25) is 5.43 Å². The van der Waals surface area contributed by atoms with Gasteiger partial charge in [0.15, 0.2) is 0 Å². The normalized spacial score (nSPS) is 10.6. The van der Waals surface area contributed by atoms with Crippen molar-refractivity contribution >= 4 is 34.3 Å². The Kier molecular flexibility index (Phi) is 5.21. The van der Waals surface area contributed by atoms with E-state index in [-0.39, 0.29) is 11.0 Å². The molecule has 0 aliphatic carbocycles. The van der Waals surface area contributed by atoms with Crippen LogP contribution in [-0.2, 0) is 6.42 Å². The first-order valence-corrected chi connectivity index (χ1v) is 8.54. The van der Waals surface area contributed by atoms with E-state index >= 15 is 0 Å². The van der Waals surface area contributed by atoms with Crippen LogP contribution in [0.1, 0.15) is 29.3 Å². The molecule has 3 rings (SSSR count). The van der Waals surface area contributed by atoms with Gasteiger partial charge in [0.05, 0.1) is 0 Å². The lowest BCUT2D eigenvalue weighted by molar-refractivity contribution is 0.102. The minimum atomic E-state index is -1.18. The summed E-state index contributed by atoms with van der Waals surface area (Å²) in [7, 11) is 0. The minimum absolute atomic E-state index is 0.0147. The molecule has 138 valence electrons. The van der Waals surface area contributed by atoms with Crippen LogP contribution in [0.3, 0.4) is 0 Å². The van der Waals surface area contributed by atoms with Gasteiger partial charge in [-0.3, -0.25) is 14.9 Å². The molecule has 0 atom stereocenters. The molecule has 0 saturated heterocycles. The van der Waals surface area contributed by atoms with Crippen molar-refractivity contribution in [3.8, 4) is 0 Å². The summed E-state index contributed by atoms with van der Waals surface area (Å²) in [6.07, 6.45) is 1.75. The van der Waals surface area contributed by atoms with Crippen LogP contribution in [0.15, 0.2) is 53.5 Å². The Morgan fingerprint density at radius 3 is 2.63 bits per heavy atom. The fourth-order valence-electron chi connectivity index (χ4n) is 2.91. The first-order chi connectivity index (χ1) is 13.0. The Morgan fingerprint density at radius 1 is 1.11 bits per heavy atom. The topological polar surface area (TPSA) is 111 Å². The average molecular weight is 365 g/mol. The summed E-state index contributed by atoms with van der Waals surface area (Å²) in [5, 5.41) is 14.4. The molecule has 1 heterocycles. The molecular formula is C20H19N3O4. The molecule has 0 unspecified atom stereocenters. The molecular weight excluding hydrogens is 346 g/mol. The fourth-order valence-corrected chi connectivity index (χ4v) is 2.91. The molecule has 4 N–H and O–H groups in total. The Morgan fingerprint density at radius 2 is 1.89 bits per heavy atom. The van der Waals surface area contributed by atoms with Crippen LogP contribution < -0.4 is 16.1 Å². The maximum absolute atomic E-state index is 12.6. The third-order valence-corrected chi connectivity index (χ3v) is 4.16. The predicted molar refractivity (Wildman–Crippen MR) is 105 cm³/mol. The van der Waals surface area contributed by atoms with Crippen molar-refractivity contribution in [3.63, 3.8) is 0 Å². The van der Waals surface area contributed by atoms with Crippen molar-refractivity contribution in [3.05, 3.63) is 70.0 Å². The summed E-state index contributed by atoms with van der Waals surface area (Å²) in [5.41, 5.74) is 1.91. The van der Waals surface area contributed by atoms with E-state index in [0.29, 0.717) is 28.7 Å². The van der Waals surface area contributed by atoms with E-state index in [1.807, 2.05) is 6.92 Å². The van der Waals surface area contributed by atoms with Gasteiger partial charge in [-0.05, 0) is 36.2 Å². The number of para-hydroxylation sites is 1. The number of nitrogens with one attached hydrogen (secondary N) is 3. The zero-order valence-corrected chi connectivity index (χ0v) is 14.7. The van der Waals surface area contributed by atoms with Gasteiger partial charge in [0.25, 0.3) is 5.91 Å². The average Bonchev–Trinajstić information content (AvgIpc) is 2.64. The monoisotopic (exact) mass is 365 g/mol. The number of hydrogen-bond acceptors (Lipinski definition) is 3. The molecule has 0 saturated carbocycles. The maximum atomic E-state index is 12.6. The summed E-state index contributed by atoms with van der Waals surface area (Å²) < 4.78 is 0. The second kappa shape index (κ2) is 7.74. The highest BCUT2D eigenvalue weighted by molar-refractivity contribution is 6.06. The second-order valence-corrected chi connectivity index (χ2v) is 6.08. The van der Waals surface area contributed by atoms with Crippen molar-refractivity contribution in [2.45, 2.75) is 19.8 Å². The van der Waals surface area contributed by atoms with Crippen molar-refractivity contribution in [1.82, 2.24) is 4.98 Å². The van der Waals surface area contributed by atoms with E-state index in [1.54, 1.807) is 42.5 Å². The van der Waals surface area contributed by atoms with Gasteiger partial charge in [0.1, 0.15) is 5.56 Å². The summed E-state index contributed by atoms with van der Waals surface area (Å²) >= 11 is 0. The number of aromatic amines is 1. The van der Waals surface area contributed by atoms with Crippen LogP contribution in [0.2, 0.25) is 0 Å². The van der Waals surface area contributed by atoms with Crippen LogP contribution in [0.4, 0.5) is 16.2 Å². The number of rotatable bonds is 5. The number of amides is 2. The Bertz CT molecular complexity index is 1070. The molecule has 3 aromatic rings. The second-order valence-electron chi connectivity index (χ2n) is 6.08. The molecule has 0 spiro atoms. The molecule has 7 nitrogen and oxygen atoms in total. The Balaban J connectivity index is 1.91. The van der Waals surface area contributed by atoms with Crippen LogP contribution in [0.5, 0.6) is 0 Å². The molecule has 0 bridgehead atoms. The van der Waals surface area contributed by atoms with Crippen LogP contribution in [0, 0.1) is 0 Å². The first-order valence-electron chi connectivity index (χ1n) is 8.54. The highest BCUT2D eigenvalue weighted by atomic mass is 16.4. The van der Waals surface area contributed by atoms with Gasteiger partial charge in [-0.2, -0.15) is 0 Å². The van der Waals surface area contributed by atoms with Crippen LogP contribution in [-0.4, -0.2) is 22.1 Å². The van der Waals surface area contributed by atoms with E-state index in [0.717, 1.165) is 12.0 Å². The summed E-state index contributed by atoms with van der Waals surface area (Å²) in [6, 6.07) is 11.9. The lowest BCUT2D eigenvalue weighted by Crippen LogP contribution is -2.22. The lowest BCUT2D eigenvalue weighted by Gasteiger charge is -2.12. The lowest BCUT2D eigenvalue weighted by atomic mass is 10.1. The molecule has 2 amide bonds. The number of anilines is 2. The molecule has 0 aliphatic heterocycles. The number of aromatic nitrogens is 1. The van der Waals surface area contributed by atoms with Crippen molar-refractivity contribution in [1.29, 1.82) is 0 Å². The third-order valence-electron chi connectivity index (χ3n) is 4.16. The number of H-pyrrole nitrogens is 1. The zero-order valence-electron chi connectivity index (χ0n) is 14.7. The number of benzene rings is 2. The Hall–Kier alpha value is -3.61. The predicted octanol–water partition coefficient (Wildman–Crippen LogP) is 3.82. The number of carbonyl (C=O) groups is 2. The first kappa shape index (κ1) is 18.2. The third kappa shape index (κ3) is 3.98. The van der Waals surface area contributed by atoms with E-state index in [9.17, 15) is 14.4 Å². The quantitative estimate of drug-likeness (QED) is 0.551. The van der Waals surface area contributed by atoms with Crippen molar-refractivity contribution in [2.75, 3.05) is 10.6 Å². The van der Waals surface area contributed by atoms with E-state index in [4.69, 9.17) is 5.11 Å². The summed E-state index contributed by atoms with van der Waals surface area (Å²) in [6.45, 7) is 1.99. The Labute approximate surface area is 155 Å². The number of carbonyl (C=O) groups excluding carboxylic acids is 1. The van der Waals surface area contributed by atoms with Crippen molar-refractivity contribution in [2.24, 2.45) is 0 Å².